The van der Waals surface area contributed by atoms with Crippen molar-refractivity contribution < 1.29 is 9.59 Å². The Morgan fingerprint density at radius 2 is 1.77 bits per heavy atom. The molecule has 2 amide bonds. The van der Waals surface area contributed by atoms with Gasteiger partial charge in [0.2, 0.25) is 11.8 Å². The fraction of sp³-hybridized carbons (Fsp3) is 0.440. The Bertz CT molecular complexity index is 838. The second-order valence-electron chi connectivity index (χ2n) is 8.04. The third-order valence-electron chi connectivity index (χ3n) is 5.75. The minimum atomic E-state index is -0.475. The van der Waals surface area contributed by atoms with Gasteiger partial charge in [0.1, 0.15) is 6.04 Å². The Labute approximate surface area is 194 Å². The van der Waals surface area contributed by atoms with E-state index in [4.69, 9.17) is 11.6 Å². The van der Waals surface area contributed by atoms with Crippen LogP contribution in [0.1, 0.15) is 44.6 Å². The molecule has 1 aliphatic rings. The first-order chi connectivity index (χ1) is 15.0. The first-order valence-corrected chi connectivity index (χ1v) is 12.4. The van der Waals surface area contributed by atoms with Crippen molar-refractivity contribution in [1.29, 1.82) is 0 Å². The molecule has 0 bridgehead atoms. The van der Waals surface area contributed by atoms with Crippen molar-refractivity contribution in [2.24, 2.45) is 0 Å². The summed E-state index contributed by atoms with van der Waals surface area (Å²) in [6.07, 6.45) is 5.53. The van der Waals surface area contributed by atoms with Gasteiger partial charge in [-0.25, -0.2) is 0 Å². The molecule has 3 rings (SSSR count). The number of halogens is 1. The number of amides is 2. The van der Waals surface area contributed by atoms with Crippen molar-refractivity contribution in [3.05, 3.63) is 65.2 Å². The van der Waals surface area contributed by atoms with E-state index in [1.807, 2.05) is 49.4 Å². The molecule has 2 aromatic rings. The third-order valence-corrected chi connectivity index (χ3v) is 7.02. The Morgan fingerprint density at radius 3 is 2.45 bits per heavy atom. The van der Waals surface area contributed by atoms with E-state index in [1.54, 1.807) is 16.7 Å². The number of hydrogen-bond donors (Lipinski definition) is 1. The molecule has 0 heterocycles. The second kappa shape index (κ2) is 12.2. The maximum Gasteiger partial charge on any atom is 0.242 e. The lowest BCUT2D eigenvalue weighted by Crippen LogP contribution is -2.50. The van der Waals surface area contributed by atoms with Crippen LogP contribution in [0.15, 0.2) is 59.5 Å². The molecule has 0 aliphatic heterocycles. The SMILES string of the molecule is CC(C(=O)NC1CCCC1)N(CCc1ccccc1)C(=O)CCSc1ccc(Cl)cc1. The second-order valence-corrected chi connectivity index (χ2v) is 9.65. The largest absolute Gasteiger partial charge is 0.352 e. The molecule has 31 heavy (non-hydrogen) atoms. The topological polar surface area (TPSA) is 49.4 Å². The van der Waals surface area contributed by atoms with E-state index in [0.717, 1.165) is 37.0 Å². The van der Waals surface area contributed by atoms with E-state index >= 15 is 0 Å². The van der Waals surface area contributed by atoms with Gasteiger partial charge in [-0.15, -0.1) is 11.8 Å². The monoisotopic (exact) mass is 458 g/mol. The maximum absolute atomic E-state index is 13.1. The van der Waals surface area contributed by atoms with E-state index < -0.39 is 6.04 Å². The number of carbonyl (C=O) groups excluding carboxylic acids is 2. The van der Waals surface area contributed by atoms with E-state index in [1.165, 1.54) is 5.56 Å². The van der Waals surface area contributed by atoms with Gasteiger partial charge < -0.3 is 10.2 Å². The van der Waals surface area contributed by atoms with Crippen LogP contribution in [0.5, 0.6) is 0 Å². The Kier molecular flexibility index (Phi) is 9.29. The summed E-state index contributed by atoms with van der Waals surface area (Å²) in [5.41, 5.74) is 1.17. The van der Waals surface area contributed by atoms with Crippen LogP contribution in [0.4, 0.5) is 0 Å². The van der Waals surface area contributed by atoms with Gasteiger partial charge in [-0.05, 0) is 56.0 Å². The predicted octanol–water partition coefficient (Wildman–Crippen LogP) is 5.34. The van der Waals surface area contributed by atoms with E-state index in [2.05, 4.69) is 17.4 Å². The van der Waals surface area contributed by atoms with E-state index in [0.29, 0.717) is 23.7 Å². The highest BCUT2D eigenvalue weighted by molar-refractivity contribution is 7.99. The van der Waals surface area contributed by atoms with Gasteiger partial charge in [0.15, 0.2) is 0 Å². The molecule has 0 aromatic heterocycles. The maximum atomic E-state index is 13.1. The minimum absolute atomic E-state index is 0.0199. The number of nitrogens with zero attached hydrogens (tertiary/aromatic N) is 1. The summed E-state index contributed by atoms with van der Waals surface area (Å²) in [6, 6.07) is 17.5. The lowest BCUT2D eigenvalue weighted by molar-refractivity contribution is -0.139. The molecule has 0 radical (unpaired) electrons. The molecule has 1 aliphatic carbocycles. The molecular formula is C25H31ClN2O2S. The molecule has 1 atom stereocenters. The van der Waals surface area contributed by atoms with Crippen LogP contribution in [0.3, 0.4) is 0 Å². The zero-order valence-electron chi connectivity index (χ0n) is 18.1. The van der Waals surface area contributed by atoms with Crippen molar-refractivity contribution in [2.45, 2.75) is 62.4 Å². The first-order valence-electron chi connectivity index (χ1n) is 11.0. The average molecular weight is 459 g/mol. The highest BCUT2D eigenvalue weighted by Gasteiger charge is 2.27. The molecule has 1 saturated carbocycles. The Balaban J connectivity index is 1.59. The van der Waals surface area contributed by atoms with Crippen molar-refractivity contribution in [3.63, 3.8) is 0 Å². The number of hydrogen-bond acceptors (Lipinski definition) is 3. The number of thioether (sulfide) groups is 1. The molecule has 2 aromatic carbocycles. The van der Waals surface area contributed by atoms with Gasteiger partial charge in [0, 0.05) is 34.7 Å². The number of nitrogens with one attached hydrogen (secondary N) is 1. The lowest BCUT2D eigenvalue weighted by atomic mass is 10.1. The molecule has 1 fully saturated rings. The predicted molar refractivity (Wildman–Crippen MR) is 129 cm³/mol. The first kappa shape index (κ1) is 23.7. The number of rotatable bonds is 10. The van der Waals surface area contributed by atoms with Crippen LogP contribution in [0, 0.1) is 0 Å². The summed E-state index contributed by atoms with van der Waals surface area (Å²) < 4.78 is 0. The standard InChI is InChI=1S/C25H31ClN2O2S/c1-19(25(30)27-22-9-5-6-10-22)28(17-15-20-7-3-2-4-8-20)24(29)16-18-31-23-13-11-21(26)12-14-23/h2-4,7-8,11-14,19,22H,5-6,9-10,15-18H2,1H3,(H,27,30). The highest BCUT2D eigenvalue weighted by Crippen LogP contribution is 2.22. The fourth-order valence-electron chi connectivity index (χ4n) is 3.89. The quantitative estimate of drug-likeness (QED) is 0.489. The van der Waals surface area contributed by atoms with Gasteiger partial charge in [-0.3, -0.25) is 9.59 Å². The highest BCUT2D eigenvalue weighted by atomic mass is 35.5. The Hall–Kier alpha value is -1.98. The fourth-order valence-corrected chi connectivity index (χ4v) is 4.86. The van der Waals surface area contributed by atoms with Crippen molar-refractivity contribution >= 4 is 35.2 Å². The molecule has 0 spiro atoms. The number of carbonyl (C=O) groups is 2. The Morgan fingerprint density at radius 1 is 1.10 bits per heavy atom. The smallest absolute Gasteiger partial charge is 0.242 e. The molecule has 1 N–H and O–H groups in total. The molecule has 0 saturated heterocycles. The summed E-state index contributed by atoms with van der Waals surface area (Å²) in [5, 5.41) is 3.85. The lowest BCUT2D eigenvalue weighted by Gasteiger charge is -2.29. The summed E-state index contributed by atoms with van der Waals surface area (Å²) in [7, 11) is 0. The third kappa shape index (κ3) is 7.58. The van der Waals surface area contributed by atoms with Crippen molar-refractivity contribution in [1.82, 2.24) is 10.2 Å². The summed E-state index contributed by atoms with van der Waals surface area (Å²) in [6.45, 7) is 2.38. The average Bonchev–Trinajstić information content (AvgIpc) is 3.29. The van der Waals surface area contributed by atoms with Crippen LogP contribution < -0.4 is 5.32 Å². The van der Waals surface area contributed by atoms with Gasteiger partial charge in [0.05, 0.1) is 0 Å². The van der Waals surface area contributed by atoms with Gasteiger partial charge in [-0.2, -0.15) is 0 Å². The summed E-state index contributed by atoms with van der Waals surface area (Å²) in [5.74, 6) is 0.643. The van der Waals surface area contributed by atoms with Crippen molar-refractivity contribution in [3.8, 4) is 0 Å². The van der Waals surface area contributed by atoms with E-state index in [9.17, 15) is 9.59 Å². The van der Waals surface area contributed by atoms with Crippen LogP contribution in [-0.2, 0) is 16.0 Å². The van der Waals surface area contributed by atoms with Crippen LogP contribution in [0.25, 0.3) is 0 Å². The normalized spacial score (nSPS) is 14.9. The van der Waals surface area contributed by atoms with Gasteiger partial charge >= 0.3 is 0 Å². The zero-order chi connectivity index (χ0) is 22.1. The summed E-state index contributed by atoms with van der Waals surface area (Å²) in [4.78, 5) is 28.8. The minimum Gasteiger partial charge on any atom is -0.352 e. The molecular weight excluding hydrogens is 428 g/mol. The van der Waals surface area contributed by atoms with Crippen LogP contribution >= 0.6 is 23.4 Å². The zero-order valence-corrected chi connectivity index (χ0v) is 19.6. The van der Waals surface area contributed by atoms with Crippen LogP contribution in [0.2, 0.25) is 5.02 Å². The number of benzene rings is 2. The van der Waals surface area contributed by atoms with Gasteiger partial charge in [0.25, 0.3) is 0 Å². The molecule has 4 nitrogen and oxygen atoms in total. The molecule has 6 heteroatoms. The van der Waals surface area contributed by atoms with Crippen LogP contribution in [-0.4, -0.2) is 41.1 Å². The summed E-state index contributed by atoms with van der Waals surface area (Å²) >= 11 is 7.57. The molecule has 166 valence electrons. The van der Waals surface area contributed by atoms with Gasteiger partial charge in [-0.1, -0.05) is 54.8 Å². The van der Waals surface area contributed by atoms with Crippen molar-refractivity contribution in [2.75, 3.05) is 12.3 Å². The van der Waals surface area contributed by atoms with E-state index in [-0.39, 0.29) is 17.9 Å². The molecule has 1 unspecified atom stereocenters.